The Kier molecular flexibility index (Phi) is 4.11. The largest absolute Gasteiger partial charge is 0.457 e. The lowest BCUT2D eigenvalue weighted by Gasteiger charge is -2.06. The maximum Gasteiger partial charge on any atom is 0.305 e. The number of ether oxygens (including phenoxy) is 1. The van der Waals surface area contributed by atoms with Crippen LogP contribution in [0.2, 0.25) is 0 Å². The molecule has 0 saturated carbocycles. The summed E-state index contributed by atoms with van der Waals surface area (Å²) in [5.41, 5.74) is 0.518. The molecular weight excluding hydrogens is 317 g/mol. The number of benzene rings is 2. The predicted octanol–water partition coefficient (Wildman–Crippen LogP) is 4.42. The average molecular weight is 326 g/mol. The molecular formula is C13H9BrFNO3. The second-order valence-electron chi connectivity index (χ2n) is 3.75. The summed E-state index contributed by atoms with van der Waals surface area (Å²) >= 11 is 3.33. The summed E-state index contributed by atoms with van der Waals surface area (Å²) in [6.07, 6.45) is 0. The van der Waals surface area contributed by atoms with Crippen LogP contribution in [0.5, 0.6) is 11.5 Å². The van der Waals surface area contributed by atoms with Gasteiger partial charge in [-0.3, -0.25) is 10.1 Å². The average Bonchev–Trinajstić information content (AvgIpc) is 2.39. The van der Waals surface area contributed by atoms with Crippen LogP contribution < -0.4 is 4.74 Å². The van der Waals surface area contributed by atoms with Crippen molar-refractivity contribution in [2.24, 2.45) is 0 Å². The van der Waals surface area contributed by atoms with E-state index in [1.54, 1.807) is 12.1 Å². The molecule has 0 unspecified atom stereocenters. The normalized spacial score (nSPS) is 10.2. The molecule has 0 aromatic heterocycles. The van der Waals surface area contributed by atoms with Crippen LogP contribution in [0, 0.1) is 15.9 Å². The molecule has 0 N–H and O–H groups in total. The van der Waals surface area contributed by atoms with Crippen LogP contribution in [-0.4, -0.2) is 4.92 Å². The number of nitro benzene ring substituents is 1. The molecule has 0 radical (unpaired) electrons. The minimum Gasteiger partial charge on any atom is -0.457 e. The first kappa shape index (κ1) is 13.5. The first-order valence-electron chi connectivity index (χ1n) is 5.37. The van der Waals surface area contributed by atoms with Crippen molar-refractivity contribution in [1.29, 1.82) is 0 Å². The van der Waals surface area contributed by atoms with Crippen molar-refractivity contribution in [3.63, 3.8) is 0 Å². The van der Waals surface area contributed by atoms with Crippen molar-refractivity contribution >= 4 is 21.6 Å². The van der Waals surface area contributed by atoms with Gasteiger partial charge in [0, 0.05) is 17.5 Å². The van der Waals surface area contributed by atoms with Crippen molar-refractivity contribution in [2.45, 2.75) is 5.33 Å². The van der Waals surface area contributed by atoms with Gasteiger partial charge in [0.1, 0.15) is 11.5 Å². The van der Waals surface area contributed by atoms with Crippen LogP contribution in [0.15, 0.2) is 42.5 Å². The van der Waals surface area contributed by atoms with Crippen LogP contribution in [0.1, 0.15) is 5.56 Å². The molecule has 0 fully saturated rings. The molecule has 0 aliphatic heterocycles. The molecule has 0 spiro atoms. The third-order valence-corrected chi connectivity index (χ3v) is 3.08. The fraction of sp³-hybridized carbons (Fsp3) is 0.0769. The topological polar surface area (TPSA) is 52.4 Å². The van der Waals surface area contributed by atoms with E-state index in [9.17, 15) is 14.5 Å². The Morgan fingerprint density at radius 3 is 2.32 bits per heavy atom. The Hall–Kier alpha value is -1.95. The summed E-state index contributed by atoms with van der Waals surface area (Å²) in [7, 11) is 0. The van der Waals surface area contributed by atoms with Gasteiger partial charge in [0.25, 0.3) is 0 Å². The first-order chi connectivity index (χ1) is 9.10. The van der Waals surface area contributed by atoms with Gasteiger partial charge in [-0.05, 0) is 23.8 Å². The van der Waals surface area contributed by atoms with Gasteiger partial charge in [-0.15, -0.1) is 0 Å². The Bertz CT molecular complexity index is 601. The van der Waals surface area contributed by atoms with E-state index >= 15 is 0 Å². The van der Waals surface area contributed by atoms with Crippen LogP contribution in [0.3, 0.4) is 0 Å². The SMILES string of the molecule is O=[N+]([O-])c1ccc(Oc2ccc(CBr)cc2)cc1F. The fourth-order valence-electron chi connectivity index (χ4n) is 1.48. The highest BCUT2D eigenvalue weighted by molar-refractivity contribution is 9.08. The van der Waals surface area contributed by atoms with Crippen molar-refractivity contribution in [1.82, 2.24) is 0 Å². The fourth-order valence-corrected chi connectivity index (χ4v) is 1.86. The van der Waals surface area contributed by atoms with E-state index in [0.29, 0.717) is 5.75 Å². The van der Waals surface area contributed by atoms with E-state index in [2.05, 4.69) is 15.9 Å². The van der Waals surface area contributed by atoms with Gasteiger partial charge in [0.05, 0.1) is 4.92 Å². The molecule has 0 amide bonds. The molecule has 98 valence electrons. The minimum absolute atomic E-state index is 0.217. The van der Waals surface area contributed by atoms with E-state index in [1.165, 1.54) is 6.07 Å². The summed E-state index contributed by atoms with van der Waals surface area (Å²) in [6, 6.07) is 10.7. The number of hydrogen-bond donors (Lipinski definition) is 0. The predicted molar refractivity (Wildman–Crippen MR) is 72.2 cm³/mol. The molecule has 4 nitrogen and oxygen atoms in total. The van der Waals surface area contributed by atoms with Crippen molar-refractivity contribution in [2.75, 3.05) is 0 Å². The second-order valence-corrected chi connectivity index (χ2v) is 4.31. The van der Waals surface area contributed by atoms with Gasteiger partial charge in [-0.2, -0.15) is 4.39 Å². The second kappa shape index (κ2) is 5.79. The Morgan fingerprint density at radius 2 is 1.79 bits per heavy atom. The van der Waals surface area contributed by atoms with Gasteiger partial charge >= 0.3 is 5.69 Å². The quantitative estimate of drug-likeness (QED) is 0.475. The maximum absolute atomic E-state index is 13.4. The van der Waals surface area contributed by atoms with Crippen LogP contribution in [0.4, 0.5) is 10.1 Å². The number of alkyl halides is 1. The number of rotatable bonds is 4. The third-order valence-electron chi connectivity index (χ3n) is 2.43. The zero-order valence-electron chi connectivity index (χ0n) is 9.68. The molecule has 2 aromatic rings. The van der Waals surface area contributed by atoms with Crippen molar-refractivity contribution in [3.05, 3.63) is 64.0 Å². The van der Waals surface area contributed by atoms with E-state index in [-0.39, 0.29) is 5.75 Å². The molecule has 0 bridgehead atoms. The lowest BCUT2D eigenvalue weighted by molar-refractivity contribution is -0.387. The molecule has 0 atom stereocenters. The number of nitro groups is 1. The molecule has 6 heteroatoms. The lowest BCUT2D eigenvalue weighted by Crippen LogP contribution is -1.93. The number of halogens is 2. The van der Waals surface area contributed by atoms with E-state index in [4.69, 9.17) is 4.74 Å². The third kappa shape index (κ3) is 3.29. The van der Waals surface area contributed by atoms with Gasteiger partial charge in [-0.25, -0.2) is 0 Å². The lowest BCUT2D eigenvalue weighted by atomic mass is 10.2. The highest BCUT2D eigenvalue weighted by Gasteiger charge is 2.14. The summed E-state index contributed by atoms with van der Waals surface area (Å²) in [6.45, 7) is 0. The monoisotopic (exact) mass is 325 g/mol. The smallest absolute Gasteiger partial charge is 0.305 e. The zero-order valence-corrected chi connectivity index (χ0v) is 11.3. The maximum atomic E-state index is 13.4. The van der Waals surface area contributed by atoms with Crippen LogP contribution in [-0.2, 0) is 5.33 Å². The van der Waals surface area contributed by atoms with E-state index in [0.717, 1.165) is 23.0 Å². The Labute approximate surface area is 117 Å². The standard InChI is InChI=1S/C13H9BrFNO3/c14-8-9-1-3-10(4-2-9)19-11-5-6-13(16(17)18)12(15)7-11/h1-7H,8H2. The molecule has 0 saturated heterocycles. The summed E-state index contributed by atoms with van der Waals surface area (Å²) in [5, 5.41) is 11.2. The highest BCUT2D eigenvalue weighted by atomic mass is 79.9. The molecule has 0 heterocycles. The molecule has 19 heavy (non-hydrogen) atoms. The molecule has 0 aliphatic carbocycles. The Balaban J connectivity index is 2.18. The van der Waals surface area contributed by atoms with Gasteiger partial charge in [0.15, 0.2) is 0 Å². The highest BCUT2D eigenvalue weighted by Crippen LogP contribution is 2.26. The van der Waals surface area contributed by atoms with Crippen LogP contribution >= 0.6 is 15.9 Å². The molecule has 2 rings (SSSR count). The summed E-state index contributed by atoms with van der Waals surface area (Å²) < 4.78 is 18.8. The van der Waals surface area contributed by atoms with Gasteiger partial charge < -0.3 is 4.74 Å². The van der Waals surface area contributed by atoms with Crippen molar-refractivity contribution < 1.29 is 14.1 Å². The van der Waals surface area contributed by atoms with Crippen molar-refractivity contribution in [3.8, 4) is 11.5 Å². The minimum atomic E-state index is -0.917. The molecule has 2 aromatic carbocycles. The Morgan fingerprint density at radius 1 is 1.16 bits per heavy atom. The van der Waals surface area contributed by atoms with E-state index in [1.807, 2.05) is 12.1 Å². The van der Waals surface area contributed by atoms with Gasteiger partial charge in [-0.1, -0.05) is 28.1 Å². The van der Waals surface area contributed by atoms with Gasteiger partial charge in [0.2, 0.25) is 5.82 Å². The first-order valence-corrected chi connectivity index (χ1v) is 6.49. The number of hydrogen-bond acceptors (Lipinski definition) is 3. The van der Waals surface area contributed by atoms with E-state index < -0.39 is 16.4 Å². The summed E-state index contributed by atoms with van der Waals surface area (Å²) in [5.74, 6) is -0.160. The zero-order chi connectivity index (χ0) is 13.8. The number of nitrogens with zero attached hydrogens (tertiary/aromatic N) is 1. The van der Waals surface area contributed by atoms with Crippen LogP contribution in [0.25, 0.3) is 0 Å². The molecule has 0 aliphatic rings. The summed E-state index contributed by atoms with van der Waals surface area (Å²) in [4.78, 5) is 9.71.